The third-order valence-electron chi connectivity index (χ3n) is 4.21. The highest BCUT2D eigenvalue weighted by Crippen LogP contribution is 2.24. The Labute approximate surface area is 125 Å². The molecule has 0 bridgehead atoms. The van der Waals surface area contributed by atoms with E-state index in [2.05, 4.69) is 22.0 Å². The summed E-state index contributed by atoms with van der Waals surface area (Å²) in [7, 11) is 0. The largest absolute Gasteiger partial charge is 0.334 e. The first kappa shape index (κ1) is 14.2. The maximum atomic E-state index is 5.90. The van der Waals surface area contributed by atoms with E-state index in [1.54, 1.807) is 0 Å². The lowest BCUT2D eigenvalue weighted by atomic mass is 9.92. The molecule has 1 aliphatic rings. The van der Waals surface area contributed by atoms with E-state index in [-0.39, 0.29) is 0 Å². The van der Waals surface area contributed by atoms with Gasteiger partial charge in [-0.15, -0.1) is 0 Å². The topological polar surface area (TPSA) is 68.2 Å². The van der Waals surface area contributed by atoms with Crippen molar-refractivity contribution in [2.24, 2.45) is 11.7 Å². The van der Waals surface area contributed by atoms with E-state index in [9.17, 15) is 0 Å². The molecule has 0 spiro atoms. The van der Waals surface area contributed by atoms with Crippen LogP contribution in [0.25, 0.3) is 11.5 Å². The first-order valence-corrected chi connectivity index (χ1v) is 7.58. The standard InChI is InChI=1S/C16H22N4O/c1-12-7-8-20(14(9-12)10-17)11-15-18-16(21-19-15)13-5-3-2-4-6-13/h2-6,12,14H,7-11,17H2,1H3. The molecule has 0 aliphatic carbocycles. The Morgan fingerprint density at radius 2 is 2.14 bits per heavy atom. The minimum atomic E-state index is 0.424. The molecule has 112 valence electrons. The third-order valence-corrected chi connectivity index (χ3v) is 4.21. The Morgan fingerprint density at radius 1 is 1.33 bits per heavy atom. The van der Waals surface area contributed by atoms with Crippen LogP contribution < -0.4 is 5.73 Å². The van der Waals surface area contributed by atoms with Crippen LogP contribution in [-0.4, -0.2) is 34.2 Å². The quantitative estimate of drug-likeness (QED) is 0.934. The van der Waals surface area contributed by atoms with Crippen LogP contribution in [0.5, 0.6) is 0 Å². The van der Waals surface area contributed by atoms with Crippen LogP contribution in [0.2, 0.25) is 0 Å². The summed E-state index contributed by atoms with van der Waals surface area (Å²) < 4.78 is 5.36. The highest BCUT2D eigenvalue weighted by molar-refractivity contribution is 5.51. The van der Waals surface area contributed by atoms with Crippen molar-refractivity contribution in [3.8, 4) is 11.5 Å². The average molecular weight is 286 g/mol. The first-order valence-electron chi connectivity index (χ1n) is 7.58. The van der Waals surface area contributed by atoms with Crippen molar-refractivity contribution in [2.75, 3.05) is 13.1 Å². The van der Waals surface area contributed by atoms with Gasteiger partial charge in [0.2, 0.25) is 0 Å². The van der Waals surface area contributed by atoms with Crippen molar-refractivity contribution in [3.05, 3.63) is 36.2 Å². The summed E-state index contributed by atoms with van der Waals surface area (Å²) in [6, 6.07) is 10.3. The number of hydrogen-bond acceptors (Lipinski definition) is 5. The van der Waals surface area contributed by atoms with Crippen molar-refractivity contribution >= 4 is 0 Å². The molecule has 2 atom stereocenters. The number of piperidine rings is 1. The predicted octanol–water partition coefficient (Wildman–Crippen LogP) is 2.30. The van der Waals surface area contributed by atoms with Crippen LogP contribution in [-0.2, 0) is 6.54 Å². The second-order valence-corrected chi connectivity index (χ2v) is 5.87. The zero-order valence-corrected chi connectivity index (χ0v) is 12.4. The minimum absolute atomic E-state index is 0.424. The Bertz CT molecular complexity index is 569. The van der Waals surface area contributed by atoms with Gasteiger partial charge in [-0.3, -0.25) is 4.90 Å². The molecule has 1 aliphatic heterocycles. The molecule has 3 rings (SSSR count). The molecule has 2 heterocycles. The number of rotatable bonds is 4. The molecule has 5 heteroatoms. The summed E-state index contributed by atoms with van der Waals surface area (Å²) in [5.41, 5.74) is 6.86. The minimum Gasteiger partial charge on any atom is -0.334 e. The van der Waals surface area contributed by atoms with E-state index in [1.165, 1.54) is 6.42 Å². The van der Waals surface area contributed by atoms with Crippen molar-refractivity contribution in [3.63, 3.8) is 0 Å². The molecule has 1 saturated heterocycles. The lowest BCUT2D eigenvalue weighted by Crippen LogP contribution is -2.45. The average Bonchev–Trinajstić information content (AvgIpc) is 2.98. The highest BCUT2D eigenvalue weighted by atomic mass is 16.5. The van der Waals surface area contributed by atoms with Gasteiger partial charge < -0.3 is 10.3 Å². The SMILES string of the molecule is CC1CCN(Cc2noc(-c3ccccc3)n2)C(CN)C1. The smallest absolute Gasteiger partial charge is 0.257 e. The number of hydrogen-bond donors (Lipinski definition) is 1. The third kappa shape index (κ3) is 3.31. The fraction of sp³-hybridized carbons (Fsp3) is 0.500. The summed E-state index contributed by atoms with van der Waals surface area (Å²) in [6.07, 6.45) is 2.36. The molecule has 2 aromatic rings. The fourth-order valence-corrected chi connectivity index (χ4v) is 2.95. The Kier molecular flexibility index (Phi) is 4.31. The zero-order valence-electron chi connectivity index (χ0n) is 12.4. The number of aromatic nitrogens is 2. The van der Waals surface area contributed by atoms with Crippen LogP contribution in [0.1, 0.15) is 25.6 Å². The van der Waals surface area contributed by atoms with Crippen LogP contribution >= 0.6 is 0 Å². The van der Waals surface area contributed by atoms with Crippen molar-refractivity contribution in [2.45, 2.75) is 32.4 Å². The predicted molar refractivity (Wildman–Crippen MR) is 81.4 cm³/mol. The van der Waals surface area contributed by atoms with E-state index >= 15 is 0 Å². The van der Waals surface area contributed by atoms with Crippen molar-refractivity contribution in [1.82, 2.24) is 15.0 Å². The van der Waals surface area contributed by atoms with Gasteiger partial charge in [0.15, 0.2) is 5.82 Å². The summed E-state index contributed by atoms with van der Waals surface area (Å²) >= 11 is 0. The van der Waals surface area contributed by atoms with E-state index in [4.69, 9.17) is 10.3 Å². The molecule has 2 N–H and O–H groups in total. The fourth-order valence-electron chi connectivity index (χ4n) is 2.95. The molecular weight excluding hydrogens is 264 g/mol. The summed E-state index contributed by atoms with van der Waals surface area (Å²) in [5.74, 6) is 2.07. The van der Waals surface area contributed by atoms with Gasteiger partial charge >= 0.3 is 0 Å². The Balaban J connectivity index is 1.69. The number of benzene rings is 1. The molecule has 1 aromatic carbocycles. The Hall–Kier alpha value is -1.72. The Morgan fingerprint density at radius 3 is 2.90 bits per heavy atom. The molecule has 2 unspecified atom stereocenters. The monoisotopic (exact) mass is 286 g/mol. The van der Waals surface area contributed by atoms with Crippen molar-refractivity contribution in [1.29, 1.82) is 0 Å². The highest BCUT2D eigenvalue weighted by Gasteiger charge is 2.26. The van der Waals surface area contributed by atoms with Crippen LogP contribution in [0.15, 0.2) is 34.9 Å². The van der Waals surface area contributed by atoms with Gasteiger partial charge in [0.25, 0.3) is 5.89 Å². The van der Waals surface area contributed by atoms with E-state index in [1.807, 2.05) is 30.3 Å². The van der Waals surface area contributed by atoms with Gasteiger partial charge in [-0.1, -0.05) is 30.3 Å². The van der Waals surface area contributed by atoms with Gasteiger partial charge in [-0.05, 0) is 37.4 Å². The van der Waals surface area contributed by atoms with E-state index in [0.29, 0.717) is 25.0 Å². The van der Waals surface area contributed by atoms with Gasteiger partial charge in [0, 0.05) is 18.2 Å². The second-order valence-electron chi connectivity index (χ2n) is 5.87. The summed E-state index contributed by atoms with van der Waals surface area (Å²) in [5, 5.41) is 4.11. The van der Waals surface area contributed by atoms with Crippen LogP contribution in [0.3, 0.4) is 0 Å². The van der Waals surface area contributed by atoms with Crippen LogP contribution in [0.4, 0.5) is 0 Å². The molecule has 1 aromatic heterocycles. The normalized spacial score (nSPS) is 23.3. The zero-order chi connectivity index (χ0) is 14.7. The number of nitrogens with two attached hydrogens (primary N) is 1. The van der Waals surface area contributed by atoms with Gasteiger partial charge in [-0.2, -0.15) is 4.98 Å². The van der Waals surface area contributed by atoms with Gasteiger partial charge in [-0.25, -0.2) is 0 Å². The molecular formula is C16H22N4O. The lowest BCUT2D eigenvalue weighted by Gasteiger charge is -2.37. The molecule has 5 nitrogen and oxygen atoms in total. The molecule has 1 fully saturated rings. The summed E-state index contributed by atoms with van der Waals surface area (Å²) in [4.78, 5) is 6.88. The molecule has 21 heavy (non-hydrogen) atoms. The molecule has 0 saturated carbocycles. The maximum absolute atomic E-state index is 5.90. The maximum Gasteiger partial charge on any atom is 0.257 e. The van der Waals surface area contributed by atoms with E-state index in [0.717, 1.165) is 30.3 Å². The van der Waals surface area contributed by atoms with Crippen LogP contribution in [0, 0.1) is 5.92 Å². The van der Waals surface area contributed by atoms with Gasteiger partial charge in [0.1, 0.15) is 0 Å². The van der Waals surface area contributed by atoms with E-state index < -0.39 is 0 Å². The number of nitrogens with zero attached hydrogens (tertiary/aromatic N) is 3. The first-order chi connectivity index (χ1) is 10.3. The van der Waals surface area contributed by atoms with Crippen molar-refractivity contribution < 1.29 is 4.52 Å². The lowest BCUT2D eigenvalue weighted by molar-refractivity contribution is 0.111. The summed E-state index contributed by atoms with van der Waals surface area (Å²) in [6.45, 7) is 4.75. The number of likely N-dealkylation sites (tertiary alicyclic amines) is 1. The second kappa shape index (κ2) is 6.37. The molecule has 0 radical (unpaired) electrons. The molecule has 0 amide bonds. The van der Waals surface area contributed by atoms with Gasteiger partial charge in [0.05, 0.1) is 6.54 Å².